The SMILES string of the molecule is CSC1CCCC(NC2CCc3cc(O)ccc32)C1. The second-order valence-electron chi connectivity index (χ2n) is 5.86. The maximum atomic E-state index is 9.55. The molecular formula is C16H23NOS. The van der Waals surface area contributed by atoms with E-state index in [4.69, 9.17) is 0 Å². The molecule has 104 valence electrons. The summed E-state index contributed by atoms with van der Waals surface area (Å²) >= 11 is 2.02. The summed E-state index contributed by atoms with van der Waals surface area (Å²) in [4.78, 5) is 0. The number of hydrogen-bond donors (Lipinski definition) is 2. The molecule has 0 aliphatic heterocycles. The summed E-state index contributed by atoms with van der Waals surface area (Å²) in [6.45, 7) is 0. The smallest absolute Gasteiger partial charge is 0.115 e. The van der Waals surface area contributed by atoms with Crippen molar-refractivity contribution in [1.82, 2.24) is 5.32 Å². The molecule has 1 saturated carbocycles. The Hall–Kier alpha value is -0.670. The van der Waals surface area contributed by atoms with Gasteiger partial charge in [0.1, 0.15) is 5.75 Å². The lowest BCUT2D eigenvalue weighted by Gasteiger charge is -2.31. The molecule has 3 atom stereocenters. The molecule has 0 amide bonds. The standard InChI is InChI=1S/C16H23NOS/c1-19-14-4-2-3-12(10-14)17-16-8-5-11-9-13(18)6-7-15(11)16/h6-7,9,12,14,16-18H,2-5,8,10H2,1H3. The zero-order valence-corrected chi connectivity index (χ0v) is 12.4. The number of phenols is 1. The predicted molar refractivity (Wildman–Crippen MR) is 81.9 cm³/mol. The molecule has 0 bridgehead atoms. The first-order valence-corrected chi connectivity index (χ1v) is 8.65. The van der Waals surface area contributed by atoms with Gasteiger partial charge < -0.3 is 10.4 Å². The Balaban J connectivity index is 1.66. The number of phenolic OH excluding ortho intramolecular Hbond substituents is 1. The van der Waals surface area contributed by atoms with Crippen molar-refractivity contribution in [2.75, 3.05) is 6.26 Å². The highest BCUT2D eigenvalue weighted by Crippen LogP contribution is 2.35. The van der Waals surface area contributed by atoms with Crippen molar-refractivity contribution in [1.29, 1.82) is 0 Å². The molecule has 0 aromatic heterocycles. The van der Waals surface area contributed by atoms with Crippen LogP contribution in [0.25, 0.3) is 0 Å². The van der Waals surface area contributed by atoms with Crippen LogP contribution in [0.3, 0.4) is 0 Å². The fourth-order valence-corrected chi connectivity index (χ4v) is 4.40. The topological polar surface area (TPSA) is 32.3 Å². The van der Waals surface area contributed by atoms with Crippen LogP contribution in [0.4, 0.5) is 0 Å². The number of rotatable bonds is 3. The molecule has 3 heteroatoms. The van der Waals surface area contributed by atoms with Gasteiger partial charge in [0.15, 0.2) is 0 Å². The number of aromatic hydroxyl groups is 1. The third-order valence-corrected chi connectivity index (χ3v) is 5.70. The van der Waals surface area contributed by atoms with Gasteiger partial charge in [-0.3, -0.25) is 0 Å². The van der Waals surface area contributed by atoms with Crippen molar-refractivity contribution in [2.24, 2.45) is 0 Å². The molecule has 1 aromatic carbocycles. The van der Waals surface area contributed by atoms with E-state index in [-0.39, 0.29) is 0 Å². The summed E-state index contributed by atoms with van der Waals surface area (Å²) < 4.78 is 0. The monoisotopic (exact) mass is 277 g/mol. The van der Waals surface area contributed by atoms with Crippen LogP contribution in [0, 0.1) is 0 Å². The third-order valence-electron chi connectivity index (χ3n) is 4.60. The fourth-order valence-electron chi connectivity index (χ4n) is 3.57. The van der Waals surface area contributed by atoms with Gasteiger partial charge in [-0.05, 0) is 61.6 Å². The molecule has 0 saturated heterocycles. The zero-order valence-electron chi connectivity index (χ0n) is 11.6. The Morgan fingerprint density at radius 2 is 2.16 bits per heavy atom. The van der Waals surface area contributed by atoms with E-state index in [1.165, 1.54) is 43.2 Å². The van der Waals surface area contributed by atoms with E-state index in [9.17, 15) is 5.11 Å². The Morgan fingerprint density at radius 1 is 1.26 bits per heavy atom. The molecule has 0 heterocycles. The van der Waals surface area contributed by atoms with Crippen LogP contribution in [0.2, 0.25) is 0 Å². The minimum Gasteiger partial charge on any atom is -0.508 e. The van der Waals surface area contributed by atoms with E-state index in [2.05, 4.69) is 17.6 Å². The Kier molecular flexibility index (Phi) is 4.04. The molecule has 1 aromatic rings. The second-order valence-corrected chi connectivity index (χ2v) is 7.00. The molecule has 2 aliphatic carbocycles. The van der Waals surface area contributed by atoms with E-state index < -0.39 is 0 Å². The van der Waals surface area contributed by atoms with Crippen LogP contribution in [-0.4, -0.2) is 22.7 Å². The number of fused-ring (bicyclic) bond motifs is 1. The maximum Gasteiger partial charge on any atom is 0.115 e. The van der Waals surface area contributed by atoms with Crippen molar-refractivity contribution < 1.29 is 5.11 Å². The second kappa shape index (κ2) is 5.76. The fraction of sp³-hybridized carbons (Fsp3) is 0.625. The average molecular weight is 277 g/mol. The van der Waals surface area contributed by atoms with Crippen LogP contribution >= 0.6 is 11.8 Å². The van der Waals surface area contributed by atoms with E-state index in [0.717, 1.165) is 11.7 Å². The Morgan fingerprint density at radius 3 is 3.00 bits per heavy atom. The number of benzene rings is 1. The minimum atomic E-state index is 0.402. The maximum absolute atomic E-state index is 9.55. The van der Waals surface area contributed by atoms with Crippen LogP contribution in [0.15, 0.2) is 18.2 Å². The third kappa shape index (κ3) is 2.92. The number of nitrogens with one attached hydrogen (secondary N) is 1. The van der Waals surface area contributed by atoms with E-state index in [1.807, 2.05) is 23.9 Å². The molecule has 2 aliphatic rings. The van der Waals surface area contributed by atoms with Gasteiger partial charge in [0.05, 0.1) is 0 Å². The van der Waals surface area contributed by atoms with Gasteiger partial charge >= 0.3 is 0 Å². The molecule has 19 heavy (non-hydrogen) atoms. The largest absolute Gasteiger partial charge is 0.508 e. The number of thioether (sulfide) groups is 1. The summed E-state index contributed by atoms with van der Waals surface area (Å²) in [6, 6.07) is 7.04. The molecule has 0 radical (unpaired) electrons. The highest BCUT2D eigenvalue weighted by atomic mass is 32.2. The predicted octanol–water partition coefficient (Wildman–Crippen LogP) is 3.64. The van der Waals surface area contributed by atoms with Crippen molar-refractivity contribution in [3.05, 3.63) is 29.3 Å². The van der Waals surface area contributed by atoms with Gasteiger partial charge in [-0.1, -0.05) is 12.5 Å². The van der Waals surface area contributed by atoms with E-state index in [0.29, 0.717) is 17.8 Å². The van der Waals surface area contributed by atoms with Gasteiger partial charge in [0.25, 0.3) is 0 Å². The van der Waals surface area contributed by atoms with Crippen LogP contribution in [-0.2, 0) is 6.42 Å². The summed E-state index contributed by atoms with van der Waals surface area (Å²) in [5.74, 6) is 0.402. The highest BCUT2D eigenvalue weighted by Gasteiger charge is 2.27. The molecular weight excluding hydrogens is 254 g/mol. The quantitative estimate of drug-likeness (QED) is 0.884. The summed E-state index contributed by atoms with van der Waals surface area (Å²) in [5, 5.41) is 14.3. The van der Waals surface area contributed by atoms with Gasteiger partial charge in [-0.2, -0.15) is 11.8 Å². The van der Waals surface area contributed by atoms with Crippen LogP contribution in [0.5, 0.6) is 5.75 Å². The van der Waals surface area contributed by atoms with Crippen molar-refractivity contribution in [3.63, 3.8) is 0 Å². The van der Waals surface area contributed by atoms with E-state index >= 15 is 0 Å². The number of hydrogen-bond acceptors (Lipinski definition) is 3. The van der Waals surface area contributed by atoms with Gasteiger partial charge in [-0.15, -0.1) is 0 Å². The first-order valence-electron chi connectivity index (χ1n) is 7.37. The van der Waals surface area contributed by atoms with Crippen molar-refractivity contribution in [3.8, 4) is 5.75 Å². The first-order chi connectivity index (χ1) is 9.26. The van der Waals surface area contributed by atoms with Gasteiger partial charge in [-0.25, -0.2) is 0 Å². The Labute approximate surface area is 120 Å². The average Bonchev–Trinajstić information content (AvgIpc) is 2.81. The minimum absolute atomic E-state index is 0.402. The van der Waals surface area contributed by atoms with Crippen molar-refractivity contribution in [2.45, 2.75) is 55.9 Å². The zero-order chi connectivity index (χ0) is 13.2. The number of aryl methyl sites for hydroxylation is 1. The molecule has 2 N–H and O–H groups in total. The van der Waals surface area contributed by atoms with E-state index in [1.54, 1.807) is 0 Å². The van der Waals surface area contributed by atoms with Gasteiger partial charge in [0.2, 0.25) is 0 Å². The summed E-state index contributed by atoms with van der Waals surface area (Å²) in [7, 11) is 0. The van der Waals surface area contributed by atoms with Crippen molar-refractivity contribution >= 4 is 11.8 Å². The first kappa shape index (κ1) is 13.3. The molecule has 0 spiro atoms. The molecule has 1 fully saturated rings. The lowest BCUT2D eigenvalue weighted by atomic mass is 9.93. The summed E-state index contributed by atoms with van der Waals surface area (Å²) in [5.41, 5.74) is 2.74. The van der Waals surface area contributed by atoms with Crippen LogP contribution in [0.1, 0.15) is 49.3 Å². The molecule has 2 nitrogen and oxygen atoms in total. The molecule has 3 rings (SSSR count). The highest BCUT2D eigenvalue weighted by molar-refractivity contribution is 7.99. The van der Waals surface area contributed by atoms with Crippen LogP contribution < -0.4 is 5.32 Å². The summed E-state index contributed by atoms with van der Waals surface area (Å²) in [6.07, 6.45) is 9.89. The van der Waals surface area contributed by atoms with Gasteiger partial charge in [0, 0.05) is 17.3 Å². The lowest BCUT2D eigenvalue weighted by Crippen LogP contribution is -2.36. The molecule has 3 unspecified atom stereocenters. The normalized spacial score (nSPS) is 30.3. The Bertz CT molecular complexity index is 448. The lowest BCUT2D eigenvalue weighted by molar-refractivity contribution is 0.343.